The summed E-state index contributed by atoms with van der Waals surface area (Å²) in [6.45, 7) is 6.38. The molecule has 2 rings (SSSR count). The summed E-state index contributed by atoms with van der Waals surface area (Å²) < 4.78 is 26.6. The molecule has 1 aliphatic rings. The molecular formula is C18H26N2O8. The Morgan fingerprint density at radius 2 is 1.75 bits per heavy atom. The van der Waals surface area contributed by atoms with Crippen LogP contribution in [0.3, 0.4) is 0 Å². The molecule has 1 aliphatic heterocycles. The number of methoxy groups -OCH3 is 2. The highest BCUT2D eigenvalue weighted by Gasteiger charge is 2.37. The van der Waals surface area contributed by atoms with Crippen molar-refractivity contribution in [2.24, 2.45) is 5.41 Å². The Labute approximate surface area is 163 Å². The lowest BCUT2D eigenvalue weighted by atomic mass is 9.91. The van der Waals surface area contributed by atoms with E-state index in [-0.39, 0.29) is 30.2 Å². The first-order valence-electron chi connectivity index (χ1n) is 8.67. The lowest BCUT2D eigenvalue weighted by molar-refractivity contribution is -0.385. The molecule has 0 aromatic heterocycles. The molecule has 0 atom stereocenters. The number of nitrogens with zero attached hydrogens (tertiary/aromatic N) is 1. The van der Waals surface area contributed by atoms with Gasteiger partial charge in [-0.05, 0) is 19.9 Å². The summed E-state index contributed by atoms with van der Waals surface area (Å²) in [4.78, 5) is 22.8. The molecule has 0 radical (unpaired) electrons. The van der Waals surface area contributed by atoms with Gasteiger partial charge >= 0.3 is 6.09 Å². The van der Waals surface area contributed by atoms with E-state index in [0.29, 0.717) is 19.0 Å². The minimum Gasteiger partial charge on any atom is -0.493 e. The van der Waals surface area contributed by atoms with Crippen LogP contribution in [0, 0.1) is 15.5 Å². The quantitative estimate of drug-likeness (QED) is 0.550. The number of nitrogens with one attached hydrogen (secondary N) is 1. The van der Waals surface area contributed by atoms with Gasteiger partial charge in [0.25, 0.3) is 5.69 Å². The Kier molecular flexibility index (Phi) is 6.68. The van der Waals surface area contributed by atoms with Gasteiger partial charge in [0.05, 0.1) is 44.0 Å². The van der Waals surface area contributed by atoms with Gasteiger partial charge in [0.1, 0.15) is 6.61 Å². The number of hydrogen-bond acceptors (Lipinski definition) is 8. The molecule has 1 N–H and O–H groups in total. The van der Waals surface area contributed by atoms with Crippen molar-refractivity contribution in [3.63, 3.8) is 0 Å². The molecular weight excluding hydrogens is 372 g/mol. The Hall–Kier alpha value is -2.59. The second-order valence-electron chi connectivity index (χ2n) is 7.31. The maximum Gasteiger partial charge on any atom is 0.407 e. The first kappa shape index (κ1) is 21.7. The molecule has 1 saturated heterocycles. The zero-order valence-electron chi connectivity index (χ0n) is 16.7. The van der Waals surface area contributed by atoms with Crippen LogP contribution >= 0.6 is 0 Å². The van der Waals surface area contributed by atoms with Crippen LogP contribution < -0.4 is 14.8 Å². The maximum atomic E-state index is 12.0. The van der Waals surface area contributed by atoms with Crippen molar-refractivity contribution in [2.45, 2.75) is 33.2 Å². The molecule has 156 valence electrons. The summed E-state index contributed by atoms with van der Waals surface area (Å²) in [5.41, 5.74) is -0.437. The second-order valence-corrected chi connectivity index (χ2v) is 7.31. The molecule has 0 unspecified atom stereocenters. The van der Waals surface area contributed by atoms with Gasteiger partial charge in [0.15, 0.2) is 17.3 Å². The van der Waals surface area contributed by atoms with E-state index < -0.39 is 22.2 Å². The predicted octanol–water partition coefficient (Wildman–Crippen LogP) is 2.63. The van der Waals surface area contributed by atoms with E-state index in [4.69, 9.17) is 23.7 Å². The molecule has 28 heavy (non-hydrogen) atoms. The first-order valence-corrected chi connectivity index (χ1v) is 8.67. The average molecular weight is 398 g/mol. The van der Waals surface area contributed by atoms with Crippen LogP contribution in [0.1, 0.15) is 26.3 Å². The van der Waals surface area contributed by atoms with Crippen molar-refractivity contribution >= 4 is 11.8 Å². The van der Waals surface area contributed by atoms with Crippen LogP contribution in [0.15, 0.2) is 12.1 Å². The van der Waals surface area contributed by atoms with Crippen LogP contribution in [0.4, 0.5) is 10.5 Å². The van der Waals surface area contributed by atoms with Crippen LogP contribution in [0.2, 0.25) is 0 Å². The van der Waals surface area contributed by atoms with Gasteiger partial charge in [0, 0.05) is 12.0 Å². The number of carbonyl (C=O) groups excluding carboxylic acids is 1. The summed E-state index contributed by atoms with van der Waals surface area (Å²) in [5, 5.41) is 13.9. The standard InChI is InChI=1S/C18H26N2O8/c1-17(2)27-10-18(3,11-28-17)9-19-16(21)26-8-12-6-14(24-4)15(25-5)7-13(12)20(22)23/h6-7H,8-11H2,1-5H3,(H,19,21). The Morgan fingerprint density at radius 1 is 1.18 bits per heavy atom. The Morgan fingerprint density at radius 3 is 2.29 bits per heavy atom. The van der Waals surface area contributed by atoms with E-state index in [0.717, 1.165) is 0 Å². The zero-order valence-corrected chi connectivity index (χ0v) is 16.7. The summed E-state index contributed by atoms with van der Waals surface area (Å²) in [6.07, 6.45) is -0.699. The molecule has 0 spiro atoms. The lowest BCUT2D eigenvalue weighted by Gasteiger charge is -2.41. The van der Waals surface area contributed by atoms with Gasteiger partial charge in [-0.2, -0.15) is 0 Å². The van der Waals surface area contributed by atoms with Crippen LogP contribution in [0.5, 0.6) is 11.5 Å². The fourth-order valence-corrected chi connectivity index (χ4v) is 2.56. The third-order valence-electron chi connectivity index (χ3n) is 4.34. The van der Waals surface area contributed by atoms with Gasteiger partial charge in [0.2, 0.25) is 0 Å². The van der Waals surface area contributed by atoms with E-state index in [2.05, 4.69) is 5.32 Å². The highest BCUT2D eigenvalue weighted by molar-refractivity contribution is 5.67. The molecule has 10 nitrogen and oxygen atoms in total. The van der Waals surface area contributed by atoms with Crippen molar-refractivity contribution in [3.8, 4) is 11.5 Å². The Bertz CT molecular complexity index is 725. The van der Waals surface area contributed by atoms with E-state index >= 15 is 0 Å². The molecule has 1 heterocycles. The highest BCUT2D eigenvalue weighted by Crippen LogP contribution is 2.35. The number of benzene rings is 1. The maximum absolute atomic E-state index is 12.0. The molecule has 0 aliphatic carbocycles. The normalized spacial score (nSPS) is 17.5. The molecule has 1 aromatic rings. The van der Waals surface area contributed by atoms with Crippen LogP contribution in [-0.4, -0.2) is 50.8 Å². The van der Waals surface area contributed by atoms with Crippen molar-refractivity contribution in [1.29, 1.82) is 0 Å². The third kappa shape index (κ3) is 5.46. The van der Waals surface area contributed by atoms with Crippen molar-refractivity contribution in [1.82, 2.24) is 5.32 Å². The van der Waals surface area contributed by atoms with E-state index in [1.807, 2.05) is 20.8 Å². The molecule has 1 fully saturated rings. The van der Waals surface area contributed by atoms with Crippen molar-refractivity contribution < 1.29 is 33.4 Å². The molecule has 0 bridgehead atoms. The monoisotopic (exact) mass is 398 g/mol. The van der Waals surface area contributed by atoms with Crippen molar-refractivity contribution in [3.05, 3.63) is 27.8 Å². The number of nitro benzene ring substituents is 1. The third-order valence-corrected chi connectivity index (χ3v) is 4.34. The highest BCUT2D eigenvalue weighted by atomic mass is 16.7. The van der Waals surface area contributed by atoms with E-state index in [9.17, 15) is 14.9 Å². The number of carbonyl (C=O) groups is 1. The number of nitro groups is 1. The number of rotatable bonds is 7. The smallest absolute Gasteiger partial charge is 0.407 e. The summed E-state index contributed by atoms with van der Waals surface area (Å²) in [7, 11) is 2.79. The number of alkyl carbamates (subject to hydrolysis) is 1. The second kappa shape index (κ2) is 8.61. The minimum absolute atomic E-state index is 0.190. The minimum atomic E-state index is -0.699. The predicted molar refractivity (Wildman–Crippen MR) is 98.5 cm³/mol. The molecule has 0 saturated carbocycles. The van der Waals surface area contributed by atoms with Crippen LogP contribution in [-0.2, 0) is 20.8 Å². The molecule has 1 amide bonds. The summed E-state index contributed by atoms with van der Waals surface area (Å²) in [6, 6.07) is 2.64. The van der Waals surface area contributed by atoms with Crippen LogP contribution in [0.25, 0.3) is 0 Å². The number of ether oxygens (including phenoxy) is 5. The van der Waals surface area contributed by atoms with Gasteiger partial charge in [-0.25, -0.2) is 4.79 Å². The van der Waals surface area contributed by atoms with Gasteiger partial charge < -0.3 is 29.0 Å². The topological polar surface area (TPSA) is 118 Å². The number of amides is 1. The van der Waals surface area contributed by atoms with Crippen molar-refractivity contribution in [2.75, 3.05) is 34.0 Å². The first-order chi connectivity index (χ1) is 13.1. The van der Waals surface area contributed by atoms with Gasteiger partial charge in [-0.3, -0.25) is 10.1 Å². The Balaban J connectivity index is 1.96. The van der Waals surface area contributed by atoms with Gasteiger partial charge in [-0.15, -0.1) is 0 Å². The number of hydrogen-bond donors (Lipinski definition) is 1. The lowest BCUT2D eigenvalue weighted by Crippen LogP contribution is -2.50. The zero-order chi connectivity index (χ0) is 20.9. The summed E-state index contributed by atoms with van der Waals surface area (Å²) >= 11 is 0. The molecule has 1 aromatic carbocycles. The average Bonchev–Trinajstić information content (AvgIpc) is 2.66. The largest absolute Gasteiger partial charge is 0.493 e. The van der Waals surface area contributed by atoms with E-state index in [1.165, 1.54) is 26.4 Å². The summed E-state index contributed by atoms with van der Waals surface area (Å²) in [5.74, 6) is -0.124. The van der Waals surface area contributed by atoms with E-state index in [1.54, 1.807) is 0 Å². The fraction of sp³-hybridized carbons (Fsp3) is 0.611. The molecule has 10 heteroatoms. The van der Waals surface area contributed by atoms with Gasteiger partial charge in [-0.1, -0.05) is 6.92 Å². The SMILES string of the molecule is COc1cc(COC(=O)NCC2(C)COC(C)(C)OC2)c([N+](=O)[O-])cc1OC. The fourth-order valence-electron chi connectivity index (χ4n) is 2.56.